The van der Waals surface area contributed by atoms with Crippen LogP contribution in [-0.2, 0) is 6.54 Å². The molecule has 0 saturated heterocycles. The quantitative estimate of drug-likeness (QED) is 0.718. The SMILES string of the molecule is COc1ccc(Br)cc1CNC(C)c1ccc(Cl)cc1Cl. The van der Waals surface area contributed by atoms with Crippen LogP contribution in [0.3, 0.4) is 0 Å². The molecule has 0 aromatic heterocycles. The van der Waals surface area contributed by atoms with Crippen molar-refractivity contribution >= 4 is 39.1 Å². The largest absolute Gasteiger partial charge is 0.496 e. The molecule has 0 spiro atoms. The van der Waals surface area contributed by atoms with Crippen molar-refractivity contribution in [2.45, 2.75) is 19.5 Å². The average molecular weight is 389 g/mol. The van der Waals surface area contributed by atoms with Gasteiger partial charge in [0, 0.05) is 32.7 Å². The Balaban J connectivity index is 2.10. The molecule has 1 atom stereocenters. The van der Waals surface area contributed by atoms with E-state index in [1.54, 1.807) is 13.2 Å². The van der Waals surface area contributed by atoms with Gasteiger partial charge in [0.1, 0.15) is 5.75 Å². The van der Waals surface area contributed by atoms with Gasteiger partial charge in [-0.15, -0.1) is 0 Å². The second-order valence-electron chi connectivity index (χ2n) is 4.72. The smallest absolute Gasteiger partial charge is 0.123 e. The summed E-state index contributed by atoms with van der Waals surface area (Å²) in [6.07, 6.45) is 0. The maximum absolute atomic E-state index is 6.23. The van der Waals surface area contributed by atoms with Crippen molar-refractivity contribution in [1.82, 2.24) is 5.32 Å². The van der Waals surface area contributed by atoms with E-state index in [9.17, 15) is 0 Å². The Morgan fingerprint density at radius 3 is 2.62 bits per heavy atom. The Hall–Kier alpha value is -0.740. The van der Waals surface area contributed by atoms with E-state index >= 15 is 0 Å². The van der Waals surface area contributed by atoms with E-state index in [0.717, 1.165) is 21.3 Å². The van der Waals surface area contributed by atoms with E-state index in [-0.39, 0.29) is 6.04 Å². The highest BCUT2D eigenvalue weighted by atomic mass is 79.9. The predicted molar refractivity (Wildman–Crippen MR) is 92.4 cm³/mol. The first kappa shape index (κ1) is 16.6. The molecule has 0 amide bonds. The van der Waals surface area contributed by atoms with Gasteiger partial charge in [0.05, 0.1) is 7.11 Å². The minimum absolute atomic E-state index is 0.110. The van der Waals surface area contributed by atoms with Gasteiger partial charge >= 0.3 is 0 Å². The third-order valence-electron chi connectivity index (χ3n) is 3.27. The Kier molecular flexibility index (Phi) is 5.94. The maximum Gasteiger partial charge on any atom is 0.123 e. The summed E-state index contributed by atoms with van der Waals surface area (Å²) in [4.78, 5) is 0. The lowest BCUT2D eigenvalue weighted by Crippen LogP contribution is -2.18. The summed E-state index contributed by atoms with van der Waals surface area (Å²) in [7, 11) is 1.67. The standard InChI is InChI=1S/C16H16BrCl2NO/c1-10(14-5-4-13(18)8-15(14)19)20-9-11-7-12(17)3-6-16(11)21-2/h3-8,10,20H,9H2,1-2H3. The van der Waals surface area contributed by atoms with Crippen LogP contribution >= 0.6 is 39.1 Å². The number of methoxy groups -OCH3 is 1. The fourth-order valence-electron chi connectivity index (χ4n) is 2.11. The molecule has 2 aromatic carbocycles. The molecule has 0 heterocycles. The second kappa shape index (κ2) is 7.50. The monoisotopic (exact) mass is 387 g/mol. The number of ether oxygens (including phenoxy) is 1. The predicted octanol–water partition coefficient (Wildman–Crippen LogP) is 5.62. The summed E-state index contributed by atoms with van der Waals surface area (Å²) in [6.45, 7) is 2.75. The molecule has 112 valence electrons. The average Bonchev–Trinajstić information content (AvgIpc) is 2.45. The van der Waals surface area contributed by atoms with E-state index in [0.29, 0.717) is 16.6 Å². The highest BCUT2D eigenvalue weighted by Gasteiger charge is 2.11. The normalized spacial score (nSPS) is 12.2. The lowest BCUT2D eigenvalue weighted by Gasteiger charge is -2.17. The molecule has 0 saturated carbocycles. The summed E-state index contributed by atoms with van der Waals surface area (Å²) in [6, 6.07) is 11.6. The van der Waals surface area contributed by atoms with Gasteiger partial charge in [-0.2, -0.15) is 0 Å². The molecular weight excluding hydrogens is 373 g/mol. The first-order chi connectivity index (χ1) is 10.0. The van der Waals surface area contributed by atoms with E-state index in [4.69, 9.17) is 27.9 Å². The topological polar surface area (TPSA) is 21.3 Å². The Bertz CT molecular complexity index is 634. The fraction of sp³-hybridized carbons (Fsp3) is 0.250. The number of benzene rings is 2. The molecule has 0 fully saturated rings. The van der Waals surface area contributed by atoms with E-state index in [1.165, 1.54) is 0 Å². The van der Waals surface area contributed by atoms with Crippen LogP contribution in [0.1, 0.15) is 24.1 Å². The fourth-order valence-corrected chi connectivity index (χ4v) is 3.09. The van der Waals surface area contributed by atoms with Crippen LogP contribution in [0.15, 0.2) is 40.9 Å². The summed E-state index contributed by atoms with van der Waals surface area (Å²) in [5, 5.41) is 4.76. The summed E-state index contributed by atoms with van der Waals surface area (Å²) in [5.74, 6) is 0.861. The van der Waals surface area contributed by atoms with E-state index in [2.05, 4.69) is 28.2 Å². The van der Waals surface area contributed by atoms with Crippen molar-refractivity contribution in [1.29, 1.82) is 0 Å². The second-order valence-corrected chi connectivity index (χ2v) is 6.48. The molecule has 0 radical (unpaired) electrons. The molecular formula is C16H16BrCl2NO. The highest BCUT2D eigenvalue weighted by Crippen LogP contribution is 2.27. The summed E-state index contributed by atoms with van der Waals surface area (Å²) >= 11 is 15.6. The van der Waals surface area contributed by atoms with Gasteiger partial charge in [-0.05, 0) is 42.8 Å². The van der Waals surface area contributed by atoms with Crippen molar-refractivity contribution in [3.05, 3.63) is 62.0 Å². The van der Waals surface area contributed by atoms with Gasteiger partial charge < -0.3 is 10.1 Å². The number of halogens is 3. The molecule has 0 aliphatic carbocycles. The molecule has 0 aliphatic heterocycles. The molecule has 0 aliphatic rings. The minimum Gasteiger partial charge on any atom is -0.496 e. The van der Waals surface area contributed by atoms with Crippen LogP contribution in [-0.4, -0.2) is 7.11 Å². The molecule has 0 bridgehead atoms. The van der Waals surface area contributed by atoms with Crippen molar-refractivity contribution in [2.24, 2.45) is 0 Å². The highest BCUT2D eigenvalue weighted by molar-refractivity contribution is 9.10. The number of rotatable bonds is 5. The lowest BCUT2D eigenvalue weighted by molar-refractivity contribution is 0.406. The van der Waals surface area contributed by atoms with E-state index in [1.807, 2.05) is 30.3 Å². The number of nitrogens with one attached hydrogen (secondary N) is 1. The van der Waals surface area contributed by atoms with Crippen molar-refractivity contribution < 1.29 is 4.74 Å². The number of hydrogen-bond acceptors (Lipinski definition) is 2. The van der Waals surface area contributed by atoms with Gasteiger partial charge in [-0.3, -0.25) is 0 Å². The molecule has 21 heavy (non-hydrogen) atoms. The molecule has 2 rings (SSSR count). The lowest BCUT2D eigenvalue weighted by atomic mass is 10.1. The first-order valence-corrected chi connectivity index (χ1v) is 8.07. The van der Waals surface area contributed by atoms with Crippen molar-refractivity contribution in [3.63, 3.8) is 0 Å². The Labute approximate surface area is 143 Å². The van der Waals surface area contributed by atoms with Crippen LogP contribution < -0.4 is 10.1 Å². The van der Waals surface area contributed by atoms with Gasteiger partial charge in [0.15, 0.2) is 0 Å². The zero-order chi connectivity index (χ0) is 15.4. The van der Waals surface area contributed by atoms with Crippen LogP contribution in [0.25, 0.3) is 0 Å². The van der Waals surface area contributed by atoms with Gasteiger partial charge in [0.2, 0.25) is 0 Å². The van der Waals surface area contributed by atoms with Gasteiger partial charge in [-0.25, -0.2) is 0 Å². The maximum atomic E-state index is 6.23. The Morgan fingerprint density at radius 2 is 1.95 bits per heavy atom. The van der Waals surface area contributed by atoms with Crippen LogP contribution in [0, 0.1) is 0 Å². The molecule has 2 nitrogen and oxygen atoms in total. The zero-order valence-electron chi connectivity index (χ0n) is 11.8. The zero-order valence-corrected chi connectivity index (χ0v) is 14.9. The minimum atomic E-state index is 0.110. The van der Waals surface area contributed by atoms with Gasteiger partial charge in [-0.1, -0.05) is 45.2 Å². The summed E-state index contributed by atoms with van der Waals surface area (Å²) < 4.78 is 6.40. The van der Waals surface area contributed by atoms with Crippen LogP contribution in [0.5, 0.6) is 5.75 Å². The third kappa shape index (κ3) is 4.36. The Morgan fingerprint density at radius 1 is 1.19 bits per heavy atom. The van der Waals surface area contributed by atoms with Crippen molar-refractivity contribution in [3.8, 4) is 5.75 Å². The van der Waals surface area contributed by atoms with Crippen LogP contribution in [0.2, 0.25) is 10.0 Å². The molecule has 1 N–H and O–H groups in total. The molecule has 1 unspecified atom stereocenters. The third-order valence-corrected chi connectivity index (χ3v) is 4.33. The van der Waals surface area contributed by atoms with Crippen LogP contribution in [0.4, 0.5) is 0 Å². The molecule has 2 aromatic rings. The molecule has 5 heteroatoms. The van der Waals surface area contributed by atoms with Gasteiger partial charge in [0.25, 0.3) is 0 Å². The van der Waals surface area contributed by atoms with E-state index < -0.39 is 0 Å². The van der Waals surface area contributed by atoms with Crippen molar-refractivity contribution in [2.75, 3.05) is 7.11 Å². The first-order valence-electron chi connectivity index (χ1n) is 6.52. The summed E-state index contributed by atoms with van der Waals surface area (Å²) in [5.41, 5.74) is 2.11. The number of hydrogen-bond donors (Lipinski definition) is 1.